The molecule has 1 aromatic heterocycles. The highest BCUT2D eigenvalue weighted by Gasteiger charge is 2.16. The van der Waals surface area contributed by atoms with Gasteiger partial charge in [-0.15, -0.1) is 0 Å². The van der Waals surface area contributed by atoms with Crippen molar-refractivity contribution >= 4 is 5.97 Å². The molecular formula is C27H40N2O4. The molecule has 1 unspecified atom stereocenters. The van der Waals surface area contributed by atoms with Crippen molar-refractivity contribution in [3.63, 3.8) is 0 Å². The van der Waals surface area contributed by atoms with Gasteiger partial charge in [0.25, 0.3) is 0 Å². The second kappa shape index (κ2) is 16.2. The standard InChI is InChI=1S/C27H40N2O4/c1-4-6-8-9-10-11-13-19-32-25-20-28-26(29-21-25)23-14-16-24(17-15-23)33-27(30)22(3)31-18-12-7-5-2/h14-17,20-22H,4-13,18-19H2,1-3H3. The van der Waals surface area contributed by atoms with Crippen molar-refractivity contribution < 1.29 is 19.0 Å². The number of benzene rings is 1. The van der Waals surface area contributed by atoms with Gasteiger partial charge in [-0.3, -0.25) is 0 Å². The molecule has 2 aromatic rings. The second-order valence-corrected chi connectivity index (χ2v) is 8.38. The van der Waals surface area contributed by atoms with E-state index in [-0.39, 0.29) is 0 Å². The Kier molecular flexibility index (Phi) is 13.1. The van der Waals surface area contributed by atoms with E-state index in [1.165, 1.54) is 38.5 Å². The first-order valence-corrected chi connectivity index (χ1v) is 12.5. The molecule has 1 aromatic carbocycles. The molecule has 0 fully saturated rings. The second-order valence-electron chi connectivity index (χ2n) is 8.38. The van der Waals surface area contributed by atoms with Crippen LogP contribution in [0.3, 0.4) is 0 Å². The van der Waals surface area contributed by atoms with Gasteiger partial charge in [0.15, 0.2) is 17.7 Å². The van der Waals surface area contributed by atoms with Crippen LogP contribution in [0.25, 0.3) is 11.4 Å². The summed E-state index contributed by atoms with van der Waals surface area (Å²) in [4.78, 5) is 21.0. The maximum absolute atomic E-state index is 12.2. The van der Waals surface area contributed by atoms with Gasteiger partial charge in [-0.25, -0.2) is 14.8 Å². The third kappa shape index (κ3) is 10.8. The molecule has 33 heavy (non-hydrogen) atoms. The van der Waals surface area contributed by atoms with Gasteiger partial charge >= 0.3 is 5.97 Å². The van der Waals surface area contributed by atoms with Crippen LogP contribution in [0.15, 0.2) is 36.7 Å². The lowest BCUT2D eigenvalue weighted by atomic mass is 10.1. The van der Waals surface area contributed by atoms with Gasteiger partial charge in [-0.1, -0.05) is 65.2 Å². The maximum atomic E-state index is 12.2. The van der Waals surface area contributed by atoms with Crippen LogP contribution in [0.4, 0.5) is 0 Å². The quantitative estimate of drug-likeness (QED) is 0.149. The van der Waals surface area contributed by atoms with Crippen LogP contribution in [-0.4, -0.2) is 35.3 Å². The molecule has 0 spiro atoms. The van der Waals surface area contributed by atoms with E-state index in [1.807, 2.05) is 12.1 Å². The molecule has 6 nitrogen and oxygen atoms in total. The summed E-state index contributed by atoms with van der Waals surface area (Å²) in [6, 6.07) is 7.16. The van der Waals surface area contributed by atoms with Gasteiger partial charge in [0.05, 0.1) is 19.0 Å². The molecule has 0 amide bonds. The summed E-state index contributed by atoms with van der Waals surface area (Å²) >= 11 is 0. The largest absolute Gasteiger partial charge is 0.490 e. The van der Waals surface area contributed by atoms with Gasteiger partial charge in [-0.2, -0.15) is 0 Å². The predicted molar refractivity (Wildman–Crippen MR) is 132 cm³/mol. The van der Waals surface area contributed by atoms with Crippen LogP contribution in [0.5, 0.6) is 11.5 Å². The molecule has 2 rings (SSSR count). The summed E-state index contributed by atoms with van der Waals surface area (Å²) in [5.74, 6) is 1.37. The highest BCUT2D eigenvalue weighted by Crippen LogP contribution is 2.21. The Morgan fingerprint density at radius 1 is 0.788 bits per heavy atom. The van der Waals surface area contributed by atoms with Crippen molar-refractivity contribution in [2.75, 3.05) is 13.2 Å². The van der Waals surface area contributed by atoms with Gasteiger partial charge in [0, 0.05) is 12.2 Å². The molecule has 0 aliphatic heterocycles. The summed E-state index contributed by atoms with van der Waals surface area (Å²) in [5, 5.41) is 0. The number of aromatic nitrogens is 2. The fraction of sp³-hybridized carbons (Fsp3) is 0.593. The molecule has 0 aliphatic rings. The third-order valence-corrected chi connectivity index (χ3v) is 5.42. The number of unbranched alkanes of at least 4 members (excludes halogenated alkanes) is 8. The van der Waals surface area contributed by atoms with E-state index < -0.39 is 12.1 Å². The first-order chi connectivity index (χ1) is 16.1. The van der Waals surface area contributed by atoms with Crippen molar-refractivity contribution in [1.82, 2.24) is 9.97 Å². The first kappa shape index (κ1) is 26.8. The Bertz CT molecular complexity index is 778. The average molecular weight is 457 g/mol. The molecule has 1 heterocycles. The molecule has 6 heteroatoms. The van der Waals surface area contributed by atoms with Crippen molar-refractivity contribution in [3.8, 4) is 22.9 Å². The Morgan fingerprint density at radius 2 is 1.36 bits per heavy atom. The molecule has 1 atom stereocenters. The van der Waals surface area contributed by atoms with Crippen LogP contribution < -0.4 is 9.47 Å². The summed E-state index contributed by atoms with van der Waals surface area (Å²) in [5.41, 5.74) is 0.845. The Hall–Kier alpha value is -2.47. The number of esters is 1. The lowest BCUT2D eigenvalue weighted by Crippen LogP contribution is -2.26. The van der Waals surface area contributed by atoms with Gasteiger partial charge < -0.3 is 14.2 Å². The van der Waals surface area contributed by atoms with E-state index in [0.717, 1.165) is 31.2 Å². The van der Waals surface area contributed by atoms with Crippen LogP contribution in [0, 0.1) is 0 Å². The molecule has 0 aliphatic carbocycles. The summed E-state index contributed by atoms with van der Waals surface area (Å²) in [6.45, 7) is 7.34. The number of carbonyl (C=O) groups is 1. The average Bonchev–Trinajstić information content (AvgIpc) is 2.84. The molecule has 0 saturated carbocycles. The van der Waals surface area contributed by atoms with E-state index in [4.69, 9.17) is 14.2 Å². The Labute approximate surface area is 199 Å². The lowest BCUT2D eigenvalue weighted by Gasteiger charge is -2.12. The highest BCUT2D eigenvalue weighted by molar-refractivity contribution is 5.77. The fourth-order valence-electron chi connectivity index (χ4n) is 3.34. The van der Waals surface area contributed by atoms with Gasteiger partial charge in [0.2, 0.25) is 0 Å². The zero-order valence-electron chi connectivity index (χ0n) is 20.6. The minimum absolute atomic E-state index is 0.391. The monoisotopic (exact) mass is 456 g/mol. The Morgan fingerprint density at radius 3 is 2.03 bits per heavy atom. The smallest absolute Gasteiger partial charge is 0.340 e. The number of ether oxygens (including phenoxy) is 3. The van der Waals surface area contributed by atoms with E-state index in [1.54, 1.807) is 31.5 Å². The van der Waals surface area contributed by atoms with Crippen molar-refractivity contribution in [1.29, 1.82) is 0 Å². The minimum Gasteiger partial charge on any atom is -0.490 e. The normalized spacial score (nSPS) is 11.8. The predicted octanol–water partition coefficient (Wildman–Crippen LogP) is 6.77. The molecule has 0 N–H and O–H groups in total. The zero-order chi connectivity index (χ0) is 23.7. The maximum Gasteiger partial charge on any atom is 0.340 e. The third-order valence-electron chi connectivity index (χ3n) is 5.42. The first-order valence-electron chi connectivity index (χ1n) is 12.5. The van der Waals surface area contributed by atoms with E-state index >= 15 is 0 Å². The van der Waals surface area contributed by atoms with Gasteiger partial charge in [0.1, 0.15) is 5.75 Å². The number of carbonyl (C=O) groups excluding carboxylic acids is 1. The van der Waals surface area contributed by atoms with Crippen LogP contribution in [0.1, 0.15) is 85.0 Å². The number of nitrogens with zero attached hydrogens (tertiary/aromatic N) is 2. The summed E-state index contributed by atoms with van der Waals surface area (Å²) in [6.07, 6.45) is 14.8. The van der Waals surface area contributed by atoms with Crippen molar-refractivity contribution in [2.24, 2.45) is 0 Å². The van der Waals surface area contributed by atoms with Crippen molar-refractivity contribution in [3.05, 3.63) is 36.7 Å². The Balaban J connectivity index is 1.72. The molecule has 182 valence electrons. The van der Waals surface area contributed by atoms with E-state index in [0.29, 0.717) is 30.5 Å². The molecule has 0 bridgehead atoms. The fourth-order valence-corrected chi connectivity index (χ4v) is 3.34. The minimum atomic E-state index is -0.585. The van der Waals surface area contributed by atoms with Crippen LogP contribution in [-0.2, 0) is 9.53 Å². The SMILES string of the molecule is CCCCCCCCCOc1cnc(-c2ccc(OC(=O)C(C)OCCCCC)cc2)nc1. The number of rotatable bonds is 17. The van der Waals surface area contributed by atoms with Crippen LogP contribution >= 0.6 is 0 Å². The number of hydrogen-bond acceptors (Lipinski definition) is 6. The molecule has 0 saturated heterocycles. The van der Waals surface area contributed by atoms with Gasteiger partial charge in [-0.05, 0) is 44.0 Å². The molecule has 0 radical (unpaired) electrons. The molecular weight excluding hydrogens is 416 g/mol. The zero-order valence-corrected chi connectivity index (χ0v) is 20.6. The van der Waals surface area contributed by atoms with E-state index in [2.05, 4.69) is 23.8 Å². The van der Waals surface area contributed by atoms with E-state index in [9.17, 15) is 4.79 Å². The number of hydrogen-bond donors (Lipinski definition) is 0. The summed E-state index contributed by atoms with van der Waals surface area (Å²) in [7, 11) is 0. The van der Waals surface area contributed by atoms with Crippen LogP contribution in [0.2, 0.25) is 0 Å². The topological polar surface area (TPSA) is 70.5 Å². The van der Waals surface area contributed by atoms with Crippen molar-refractivity contribution in [2.45, 2.75) is 91.1 Å². The lowest BCUT2D eigenvalue weighted by molar-refractivity contribution is -0.146. The summed E-state index contributed by atoms with van der Waals surface area (Å²) < 4.78 is 16.7. The highest BCUT2D eigenvalue weighted by atomic mass is 16.6.